The van der Waals surface area contributed by atoms with Crippen LogP contribution in [0.25, 0.3) is 0 Å². The number of likely N-dealkylation sites (N-methyl/N-ethyl adjacent to an activating group) is 1. The summed E-state index contributed by atoms with van der Waals surface area (Å²) < 4.78 is 0. The first kappa shape index (κ1) is 12.6. The summed E-state index contributed by atoms with van der Waals surface area (Å²) in [5.41, 5.74) is 1.28. The number of hydrogen-bond acceptors (Lipinski definition) is 4. The van der Waals surface area contributed by atoms with Crippen LogP contribution in [0.2, 0.25) is 0 Å². The first-order valence-electron chi connectivity index (χ1n) is 6.99. The average Bonchev–Trinajstić information content (AvgIpc) is 2.78. The van der Waals surface area contributed by atoms with Gasteiger partial charge in [-0.15, -0.1) is 11.3 Å². The van der Waals surface area contributed by atoms with Gasteiger partial charge in [-0.3, -0.25) is 0 Å². The van der Waals surface area contributed by atoms with Crippen molar-refractivity contribution in [1.29, 1.82) is 0 Å². The predicted octanol–water partition coefficient (Wildman–Crippen LogP) is 2.37. The molecule has 1 aromatic heterocycles. The van der Waals surface area contributed by atoms with Gasteiger partial charge in [-0.05, 0) is 39.3 Å². The van der Waals surface area contributed by atoms with Gasteiger partial charge < -0.3 is 10.0 Å². The Balaban J connectivity index is 1.76. The van der Waals surface area contributed by atoms with Crippen LogP contribution >= 0.6 is 11.3 Å². The first-order chi connectivity index (χ1) is 8.73. The minimum absolute atomic E-state index is 0.0173. The van der Waals surface area contributed by atoms with Crippen LogP contribution in [0.3, 0.4) is 0 Å². The molecule has 3 nitrogen and oxygen atoms in total. The minimum Gasteiger partial charge on any atom is -0.395 e. The van der Waals surface area contributed by atoms with Crippen LogP contribution in [0.15, 0.2) is 5.38 Å². The second kappa shape index (κ2) is 4.91. The Morgan fingerprint density at radius 1 is 1.50 bits per heavy atom. The highest BCUT2D eigenvalue weighted by Crippen LogP contribution is 2.45. The third kappa shape index (κ3) is 2.10. The molecule has 4 heteroatoms. The fraction of sp³-hybridized carbons (Fsp3) is 0.786. The Morgan fingerprint density at radius 2 is 2.33 bits per heavy atom. The lowest BCUT2D eigenvalue weighted by atomic mass is 9.70. The van der Waals surface area contributed by atoms with E-state index in [1.807, 2.05) is 0 Å². The fourth-order valence-corrected chi connectivity index (χ4v) is 4.32. The molecule has 1 unspecified atom stereocenters. The van der Waals surface area contributed by atoms with Crippen LogP contribution in [-0.2, 0) is 5.41 Å². The molecule has 1 aliphatic carbocycles. The maximum absolute atomic E-state index is 9.61. The number of thiazole rings is 1. The van der Waals surface area contributed by atoms with Crippen LogP contribution in [0, 0.1) is 0 Å². The second-order valence-corrected chi connectivity index (χ2v) is 6.83. The number of aliphatic hydroxyl groups excluding tert-OH is 1. The van der Waals surface area contributed by atoms with Crippen molar-refractivity contribution in [2.24, 2.45) is 0 Å². The van der Waals surface area contributed by atoms with Crippen molar-refractivity contribution in [3.63, 3.8) is 0 Å². The molecule has 0 amide bonds. The summed E-state index contributed by atoms with van der Waals surface area (Å²) in [5, 5.41) is 13.0. The quantitative estimate of drug-likeness (QED) is 0.912. The molecule has 0 radical (unpaired) electrons. The van der Waals surface area contributed by atoms with Gasteiger partial charge in [0.15, 0.2) is 0 Å². The SMILES string of the molecule is CN1CCCC(c2csc(C3(CO)CCC3)n2)C1. The van der Waals surface area contributed by atoms with Crippen molar-refractivity contribution < 1.29 is 5.11 Å². The zero-order valence-corrected chi connectivity index (χ0v) is 11.9. The molecule has 0 spiro atoms. The summed E-state index contributed by atoms with van der Waals surface area (Å²) in [6.07, 6.45) is 6.00. The molecule has 18 heavy (non-hydrogen) atoms. The Morgan fingerprint density at radius 3 is 2.94 bits per heavy atom. The summed E-state index contributed by atoms with van der Waals surface area (Å²) in [5.74, 6) is 0.601. The molecular formula is C14H22N2OS. The van der Waals surface area contributed by atoms with Gasteiger partial charge in [-0.25, -0.2) is 4.98 Å². The Hall–Kier alpha value is -0.450. The first-order valence-corrected chi connectivity index (χ1v) is 7.87. The van der Waals surface area contributed by atoms with Crippen LogP contribution in [-0.4, -0.2) is 41.7 Å². The van der Waals surface area contributed by atoms with E-state index in [4.69, 9.17) is 4.98 Å². The number of aromatic nitrogens is 1. The summed E-state index contributed by atoms with van der Waals surface area (Å²) in [7, 11) is 2.20. The van der Waals surface area contributed by atoms with E-state index in [1.54, 1.807) is 11.3 Å². The van der Waals surface area contributed by atoms with Crippen molar-refractivity contribution in [2.75, 3.05) is 26.7 Å². The maximum Gasteiger partial charge on any atom is 0.101 e. The largest absolute Gasteiger partial charge is 0.395 e. The van der Waals surface area contributed by atoms with Gasteiger partial charge in [0, 0.05) is 23.3 Å². The molecule has 100 valence electrons. The lowest BCUT2D eigenvalue weighted by molar-refractivity contribution is 0.119. The van der Waals surface area contributed by atoms with E-state index >= 15 is 0 Å². The molecule has 0 aromatic carbocycles. The zero-order valence-electron chi connectivity index (χ0n) is 11.1. The van der Waals surface area contributed by atoms with E-state index in [0.717, 1.165) is 19.4 Å². The van der Waals surface area contributed by atoms with Crippen molar-refractivity contribution >= 4 is 11.3 Å². The lowest BCUT2D eigenvalue weighted by Crippen LogP contribution is -2.38. The van der Waals surface area contributed by atoms with Gasteiger partial charge in [-0.2, -0.15) is 0 Å². The van der Waals surface area contributed by atoms with Gasteiger partial charge in [0.1, 0.15) is 5.01 Å². The molecular weight excluding hydrogens is 244 g/mol. The molecule has 1 N–H and O–H groups in total. The van der Waals surface area contributed by atoms with Crippen molar-refractivity contribution in [1.82, 2.24) is 9.88 Å². The molecule has 1 saturated heterocycles. The highest BCUT2D eigenvalue weighted by atomic mass is 32.1. The fourth-order valence-electron chi connectivity index (χ4n) is 3.17. The topological polar surface area (TPSA) is 36.4 Å². The van der Waals surface area contributed by atoms with Crippen LogP contribution in [0.5, 0.6) is 0 Å². The molecule has 1 atom stereocenters. The van der Waals surface area contributed by atoms with Gasteiger partial charge in [0.2, 0.25) is 0 Å². The minimum atomic E-state index is 0.0173. The van der Waals surface area contributed by atoms with Crippen molar-refractivity contribution in [3.8, 4) is 0 Å². The average molecular weight is 266 g/mol. The molecule has 1 aromatic rings. The molecule has 1 aliphatic heterocycles. The number of hydrogen-bond donors (Lipinski definition) is 1. The highest BCUT2D eigenvalue weighted by Gasteiger charge is 2.41. The lowest BCUT2D eigenvalue weighted by Gasteiger charge is -2.38. The third-order valence-corrected chi connectivity index (χ3v) is 5.74. The Labute approximate surface area is 113 Å². The molecule has 0 bridgehead atoms. The molecule has 2 aliphatic rings. The van der Waals surface area contributed by atoms with Crippen LogP contribution in [0.1, 0.15) is 48.7 Å². The summed E-state index contributed by atoms with van der Waals surface area (Å²) >= 11 is 1.76. The highest BCUT2D eigenvalue weighted by molar-refractivity contribution is 7.09. The molecule has 1 saturated carbocycles. The monoisotopic (exact) mass is 266 g/mol. The van der Waals surface area contributed by atoms with E-state index < -0.39 is 0 Å². The molecule has 3 rings (SSSR count). The van der Waals surface area contributed by atoms with E-state index in [9.17, 15) is 5.11 Å². The Bertz CT molecular complexity index is 408. The van der Waals surface area contributed by atoms with Gasteiger partial charge in [-0.1, -0.05) is 6.42 Å². The van der Waals surface area contributed by atoms with Gasteiger partial charge >= 0.3 is 0 Å². The van der Waals surface area contributed by atoms with Crippen molar-refractivity contribution in [2.45, 2.75) is 43.4 Å². The summed E-state index contributed by atoms with van der Waals surface area (Å²) in [6, 6.07) is 0. The second-order valence-electron chi connectivity index (χ2n) is 5.97. The van der Waals surface area contributed by atoms with Gasteiger partial charge in [0.05, 0.1) is 12.3 Å². The Kier molecular flexibility index (Phi) is 3.43. The third-order valence-electron chi connectivity index (χ3n) is 4.63. The number of nitrogens with zero attached hydrogens (tertiary/aromatic N) is 2. The predicted molar refractivity (Wildman–Crippen MR) is 74.2 cm³/mol. The zero-order chi connectivity index (χ0) is 12.6. The number of piperidine rings is 1. The summed E-state index contributed by atoms with van der Waals surface area (Å²) in [6.45, 7) is 2.62. The normalized spacial score (nSPS) is 28.0. The van der Waals surface area contributed by atoms with Crippen LogP contribution < -0.4 is 0 Å². The number of rotatable bonds is 3. The standard InChI is InChI=1S/C14H22N2OS/c1-16-7-2-4-11(8-16)12-9-18-13(15-12)14(10-17)5-3-6-14/h9,11,17H,2-8,10H2,1H3. The van der Waals surface area contributed by atoms with E-state index in [-0.39, 0.29) is 12.0 Å². The maximum atomic E-state index is 9.61. The van der Waals surface area contributed by atoms with Crippen molar-refractivity contribution in [3.05, 3.63) is 16.1 Å². The summed E-state index contributed by atoms with van der Waals surface area (Å²) in [4.78, 5) is 7.27. The van der Waals surface area contributed by atoms with E-state index in [1.165, 1.54) is 36.5 Å². The van der Waals surface area contributed by atoms with E-state index in [0.29, 0.717) is 5.92 Å². The smallest absolute Gasteiger partial charge is 0.101 e. The number of aliphatic hydroxyl groups is 1. The molecule has 2 heterocycles. The molecule has 2 fully saturated rings. The van der Waals surface area contributed by atoms with E-state index in [2.05, 4.69) is 17.3 Å². The van der Waals surface area contributed by atoms with Crippen LogP contribution in [0.4, 0.5) is 0 Å². The number of likely N-dealkylation sites (tertiary alicyclic amines) is 1. The van der Waals surface area contributed by atoms with Gasteiger partial charge in [0.25, 0.3) is 0 Å².